The Morgan fingerprint density at radius 2 is 1.78 bits per heavy atom. The number of amides is 2. The predicted octanol–water partition coefficient (Wildman–Crippen LogP) is 5.55. The second-order valence-electron chi connectivity index (χ2n) is 11.2. The molecule has 11 nitrogen and oxygen atoms in total. The summed E-state index contributed by atoms with van der Waals surface area (Å²) >= 11 is 0. The summed E-state index contributed by atoms with van der Waals surface area (Å²) in [5.41, 5.74) is 1.23. The van der Waals surface area contributed by atoms with Crippen molar-refractivity contribution in [2.24, 2.45) is 0 Å². The van der Waals surface area contributed by atoms with Gasteiger partial charge in [-0.3, -0.25) is 14.9 Å². The number of pyridine rings is 1. The van der Waals surface area contributed by atoms with Gasteiger partial charge in [0.1, 0.15) is 6.04 Å². The van der Waals surface area contributed by atoms with Crippen LogP contribution in [-0.2, 0) is 19.4 Å². The minimum Gasteiger partial charge on any atom is -0.494 e. The van der Waals surface area contributed by atoms with Crippen LogP contribution in [0.3, 0.4) is 0 Å². The third kappa shape index (κ3) is 6.41. The van der Waals surface area contributed by atoms with Crippen LogP contribution in [0.1, 0.15) is 49.9 Å². The zero-order valence-corrected chi connectivity index (χ0v) is 26.6. The molecule has 0 saturated carbocycles. The van der Waals surface area contributed by atoms with Crippen LogP contribution in [0.2, 0.25) is 0 Å². The van der Waals surface area contributed by atoms with E-state index in [1.54, 1.807) is 55.3 Å². The zero-order chi connectivity index (χ0) is 33.2. The molecule has 46 heavy (non-hydrogen) atoms. The molecule has 0 spiro atoms. The Labute approximate surface area is 265 Å². The summed E-state index contributed by atoms with van der Waals surface area (Å²) in [6.45, 7) is 3.47. The van der Waals surface area contributed by atoms with Gasteiger partial charge in [-0.05, 0) is 91.7 Å². The normalized spacial score (nSPS) is 15.5. The van der Waals surface area contributed by atoms with Gasteiger partial charge in [0.2, 0.25) is 5.91 Å². The van der Waals surface area contributed by atoms with E-state index in [0.29, 0.717) is 52.7 Å². The molecule has 1 aliphatic rings. The van der Waals surface area contributed by atoms with Crippen LogP contribution in [0.15, 0.2) is 76.6 Å². The number of benzene rings is 3. The second kappa shape index (κ2) is 13.2. The smallest absolute Gasteiger partial charge is 0.411 e. The van der Waals surface area contributed by atoms with Crippen LogP contribution >= 0.6 is 0 Å². The van der Waals surface area contributed by atoms with Crippen molar-refractivity contribution in [1.82, 2.24) is 9.88 Å². The van der Waals surface area contributed by atoms with E-state index in [1.807, 2.05) is 0 Å². The van der Waals surface area contributed by atoms with Gasteiger partial charge < -0.3 is 24.7 Å². The van der Waals surface area contributed by atoms with Crippen LogP contribution in [0.25, 0.3) is 10.8 Å². The highest BCUT2D eigenvalue weighted by Crippen LogP contribution is 2.40. The number of hydrogen-bond acceptors (Lipinski definition) is 8. The van der Waals surface area contributed by atoms with Gasteiger partial charge in [-0.15, -0.1) is 0 Å². The van der Waals surface area contributed by atoms with Crippen LogP contribution in [0, 0.1) is 5.82 Å². The Balaban J connectivity index is 1.60. The molecule has 242 valence electrons. The van der Waals surface area contributed by atoms with Gasteiger partial charge in [-0.2, -0.15) is 0 Å². The maximum atomic E-state index is 14.6. The van der Waals surface area contributed by atoms with Crippen LogP contribution < -0.4 is 20.9 Å². The number of halogens is 1. The van der Waals surface area contributed by atoms with Crippen molar-refractivity contribution in [3.8, 4) is 5.75 Å². The molecule has 1 saturated heterocycles. The van der Waals surface area contributed by atoms with Gasteiger partial charge in [0.05, 0.1) is 30.4 Å². The largest absolute Gasteiger partial charge is 0.494 e. The highest BCUT2D eigenvalue weighted by atomic mass is 32.2. The average molecular weight is 651 g/mol. The fourth-order valence-corrected chi connectivity index (χ4v) is 6.96. The number of methoxy groups -OCH3 is 2. The quantitative estimate of drug-likeness (QED) is 0.214. The molecule has 0 bridgehead atoms. The molecule has 1 aliphatic heterocycles. The molecule has 2 heterocycles. The third-order valence-electron chi connectivity index (χ3n) is 8.11. The van der Waals surface area contributed by atoms with Crippen molar-refractivity contribution in [3.05, 3.63) is 94.2 Å². The molecular formula is C33H35FN4O7S. The van der Waals surface area contributed by atoms with Crippen molar-refractivity contribution in [3.63, 3.8) is 0 Å². The van der Waals surface area contributed by atoms with E-state index in [-0.39, 0.29) is 16.2 Å². The van der Waals surface area contributed by atoms with Crippen molar-refractivity contribution in [2.45, 2.75) is 48.9 Å². The number of fused-ring (bicyclic) bond motifs is 1. The monoisotopic (exact) mass is 650 g/mol. The van der Waals surface area contributed by atoms with Crippen LogP contribution in [-0.4, -0.2) is 56.3 Å². The number of H-pyrrole nitrogens is 1. The summed E-state index contributed by atoms with van der Waals surface area (Å²) in [5.74, 6) is -1.07. The number of nitrogens with zero attached hydrogens (tertiary/aromatic N) is 1. The highest BCUT2D eigenvalue weighted by molar-refractivity contribution is 7.92. The summed E-state index contributed by atoms with van der Waals surface area (Å²) in [7, 11) is -1.25. The molecule has 13 heteroatoms. The van der Waals surface area contributed by atoms with Crippen molar-refractivity contribution in [1.29, 1.82) is 0 Å². The Morgan fingerprint density at radius 3 is 2.50 bits per heavy atom. The first-order chi connectivity index (χ1) is 21.9. The molecule has 5 rings (SSSR count). The summed E-state index contributed by atoms with van der Waals surface area (Å²) in [6.07, 6.45) is 1.86. The number of aromatic nitrogens is 1. The predicted molar refractivity (Wildman–Crippen MR) is 172 cm³/mol. The number of likely N-dealkylation sites (tertiary alicyclic amines) is 1. The number of nitrogens with one attached hydrogen (secondary N) is 3. The summed E-state index contributed by atoms with van der Waals surface area (Å²) < 4.78 is 51.4. The molecule has 3 N–H and O–H groups in total. The van der Waals surface area contributed by atoms with Crippen molar-refractivity contribution in [2.75, 3.05) is 31.4 Å². The SMILES string of the molecule is COC(=O)Nc1ccc(S(=O)(=O)C(C)C)c(C2CCCN2C(=O)C(Nc2ccc3cc[nH]c(=O)c3c2)c2ccc(F)c(OC)c2)c1. The van der Waals surface area contributed by atoms with Gasteiger partial charge in [0, 0.05) is 29.5 Å². The Morgan fingerprint density at radius 1 is 1.02 bits per heavy atom. The van der Waals surface area contributed by atoms with Crippen LogP contribution in [0.4, 0.5) is 20.6 Å². The first-order valence-electron chi connectivity index (χ1n) is 14.7. The number of hydrogen-bond donors (Lipinski definition) is 3. The average Bonchev–Trinajstić information content (AvgIpc) is 3.54. The highest BCUT2D eigenvalue weighted by Gasteiger charge is 2.38. The van der Waals surface area contributed by atoms with Crippen molar-refractivity contribution >= 4 is 44.0 Å². The summed E-state index contributed by atoms with van der Waals surface area (Å²) in [4.78, 5) is 43.4. The molecule has 3 aromatic carbocycles. The summed E-state index contributed by atoms with van der Waals surface area (Å²) in [6, 6.07) is 13.7. The lowest BCUT2D eigenvalue weighted by atomic mass is 10.0. The van der Waals surface area contributed by atoms with Gasteiger partial charge >= 0.3 is 6.09 Å². The van der Waals surface area contributed by atoms with E-state index in [2.05, 4.69) is 15.6 Å². The van der Waals surface area contributed by atoms with E-state index in [1.165, 1.54) is 44.6 Å². The molecule has 1 aromatic heterocycles. The fourth-order valence-electron chi connectivity index (χ4n) is 5.67. The first kappa shape index (κ1) is 32.5. The number of aromatic amines is 1. The molecule has 0 radical (unpaired) electrons. The van der Waals surface area contributed by atoms with Gasteiger partial charge in [-0.1, -0.05) is 12.1 Å². The van der Waals surface area contributed by atoms with E-state index in [4.69, 9.17) is 9.47 Å². The topological polar surface area (TPSA) is 147 Å². The van der Waals surface area contributed by atoms with E-state index >= 15 is 0 Å². The number of ether oxygens (including phenoxy) is 2. The van der Waals surface area contributed by atoms with Crippen molar-refractivity contribution < 1.29 is 31.9 Å². The lowest BCUT2D eigenvalue weighted by Gasteiger charge is -2.32. The Bertz CT molecular complexity index is 1960. The van der Waals surface area contributed by atoms with Gasteiger partial charge in [0.15, 0.2) is 21.4 Å². The van der Waals surface area contributed by atoms with Gasteiger partial charge in [-0.25, -0.2) is 17.6 Å². The molecule has 2 unspecified atom stereocenters. The maximum absolute atomic E-state index is 14.6. The number of carbonyl (C=O) groups excluding carboxylic acids is 2. The first-order valence-corrected chi connectivity index (χ1v) is 16.2. The number of rotatable bonds is 9. The summed E-state index contributed by atoms with van der Waals surface area (Å²) in [5, 5.41) is 6.18. The molecule has 1 fully saturated rings. The lowest BCUT2D eigenvalue weighted by molar-refractivity contribution is -0.133. The lowest BCUT2D eigenvalue weighted by Crippen LogP contribution is -2.38. The van der Waals surface area contributed by atoms with E-state index in [0.717, 1.165) is 0 Å². The minimum atomic E-state index is -3.79. The molecule has 4 aromatic rings. The number of sulfone groups is 1. The minimum absolute atomic E-state index is 0.0584. The standard InChI is InChI=1S/C33H35FN4O7S/c1-19(2)46(42,43)29-12-10-23(37-33(41)45-4)18-25(29)27-6-5-15-38(27)32(40)30(21-8-11-26(34)28(16-21)44-3)36-22-9-7-20-13-14-35-31(39)24(20)17-22/h7-14,16-19,27,30,36H,5-6,15H2,1-4H3,(H,35,39)(H,37,41). The second-order valence-corrected chi connectivity index (χ2v) is 13.7. The Kier molecular flexibility index (Phi) is 9.33. The number of anilines is 2. The van der Waals surface area contributed by atoms with Gasteiger partial charge in [0.25, 0.3) is 5.56 Å². The zero-order valence-electron chi connectivity index (χ0n) is 25.8. The maximum Gasteiger partial charge on any atom is 0.411 e. The third-order valence-corrected chi connectivity index (χ3v) is 10.3. The van der Waals surface area contributed by atoms with Crippen LogP contribution in [0.5, 0.6) is 5.75 Å². The Hall–Kier alpha value is -4.91. The number of carbonyl (C=O) groups is 2. The van der Waals surface area contributed by atoms with E-state index in [9.17, 15) is 27.2 Å². The van der Waals surface area contributed by atoms with E-state index < -0.39 is 45.0 Å². The molecular weight excluding hydrogens is 615 g/mol. The molecule has 2 atom stereocenters. The fraction of sp³-hybridized carbons (Fsp3) is 0.303. The molecule has 2 amide bonds. The molecule has 0 aliphatic carbocycles.